The predicted octanol–water partition coefficient (Wildman–Crippen LogP) is 2.87. The van der Waals surface area contributed by atoms with E-state index in [0.717, 1.165) is 0 Å². The minimum Gasteiger partial charge on any atom is -0.496 e. The third kappa shape index (κ3) is 2.98. The lowest BCUT2D eigenvalue weighted by Gasteiger charge is -2.11. The second kappa shape index (κ2) is 5.93. The van der Waals surface area contributed by atoms with Crippen LogP contribution in [0.1, 0.15) is 11.1 Å². The zero-order valence-corrected chi connectivity index (χ0v) is 10.9. The molecule has 2 N–H and O–H groups in total. The molecule has 2 aromatic carbocycles. The lowest BCUT2D eigenvalue weighted by Crippen LogP contribution is -2.01. The molecule has 20 heavy (non-hydrogen) atoms. The number of hydrogen-bond donors (Lipinski definition) is 1. The Bertz CT molecular complexity index is 665. The molecule has 0 atom stereocenters. The fraction of sp³-hybridized carbons (Fsp3) is 0.133. The van der Waals surface area contributed by atoms with Crippen LogP contribution in [0.25, 0.3) is 0 Å². The molecule has 0 aliphatic carbocycles. The lowest BCUT2D eigenvalue weighted by molar-refractivity contribution is 0.282. The summed E-state index contributed by atoms with van der Waals surface area (Å²) in [6.45, 7) is 0.0968. The highest BCUT2D eigenvalue weighted by Gasteiger charge is 2.08. The number of hydrogen-bond acceptors (Lipinski definition) is 4. The highest BCUT2D eigenvalue weighted by atomic mass is 19.1. The summed E-state index contributed by atoms with van der Waals surface area (Å²) in [6.07, 6.45) is 0. The smallest absolute Gasteiger partial charge is 0.167 e. The summed E-state index contributed by atoms with van der Waals surface area (Å²) in [5.41, 5.74) is 6.96. The quantitative estimate of drug-likeness (QED) is 0.869. The molecule has 4 nitrogen and oxygen atoms in total. The van der Waals surface area contributed by atoms with Gasteiger partial charge in [0.25, 0.3) is 0 Å². The summed E-state index contributed by atoms with van der Waals surface area (Å²) in [7, 11) is 1.52. The number of nitrogens with zero attached hydrogens (tertiary/aromatic N) is 1. The van der Waals surface area contributed by atoms with Gasteiger partial charge in [-0.1, -0.05) is 0 Å². The Kier molecular flexibility index (Phi) is 4.06. The van der Waals surface area contributed by atoms with Crippen LogP contribution in [-0.4, -0.2) is 7.11 Å². The Morgan fingerprint density at radius 1 is 1.20 bits per heavy atom. The van der Waals surface area contributed by atoms with Gasteiger partial charge < -0.3 is 15.2 Å². The molecule has 0 unspecified atom stereocenters. The fourth-order valence-electron chi connectivity index (χ4n) is 1.75. The standard InChI is InChI=1S/C15H13FN2O2/c1-19-14-4-2-10(8-17)6-11(14)9-20-15-5-3-12(18)7-13(15)16/h2-7H,9,18H2,1H3. The second-order valence-electron chi connectivity index (χ2n) is 4.12. The van der Waals surface area contributed by atoms with Crippen molar-refractivity contribution in [3.63, 3.8) is 0 Å². The predicted molar refractivity (Wildman–Crippen MR) is 72.9 cm³/mol. The Labute approximate surface area is 116 Å². The molecule has 102 valence electrons. The average Bonchev–Trinajstić information content (AvgIpc) is 2.46. The Morgan fingerprint density at radius 3 is 2.60 bits per heavy atom. The number of halogens is 1. The molecule has 0 saturated heterocycles. The van der Waals surface area contributed by atoms with E-state index in [1.165, 1.54) is 19.2 Å². The zero-order valence-electron chi connectivity index (χ0n) is 10.9. The van der Waals surface area contributed by atoms with Crippen molar-refractivity contribution in [2.75, 3.05) is 12.8 Å². The van der Waals surface area contributed by atoms with Crippen LogP contribution in [0.15, 0.2) is 36.4 Å². The van der Waals surface area contributed by atoms with Gasteiger partial charge in [-0.2, -0.15) is 5.26 Å². The molecule has 0 aliphatic rings. The van der Waals surface area contributed by atoms with Gasteiger partial charge in [-0.3, -0.25) is 0 Å². The number of nitriles is 1. The maximum Gasteiger partial charge on any atom is 0.167 e. The van der Waals surface area contributed by atoms with Crippen LogP contribution >= 0.6 is 0 Å². The van der Waals surface area contributed by atoms with Crippen LogP contribution in [-0.2, 0) is 6.61 Å². The van der Waals surface area contributed by atoms with Crippen molar-refractivity contribution < 1.29 is 13.9 Å². The van der Waals surface area contributed by atoms with Crippen LogP contribution in [0.5, 0.6) is 11.5 Å². The molecule has 0 saturated carbocycles. The molecule has 0 aliphatic heterocycles. The second-order valence-corrected chi connectivity index (χ2v) is 4.12. The van der Waals surface area contributed by atoms with Gasteiger partial charge in [-0.05, 0) is 30.3 Å². The molecular formula is C15H13FN2O2. The normalized spacial score (nSPS) is 9.85. The van der Waals surface area contributed by atoms with Gasteiger partial charge in [-0.15, -0.1) is 0 Å². The Balaban J connectivity index is 2.20. The molecule has 5 heteroatoms. The summed E-state index contributed by atoms with van der Waals surface area (Å²) in [4.78, 5) is 0. The highest BCUT2D eigenvalue weighted by molar-refractivity contribution is 5.44. The molecule has 2 aromatic rings. The average molecular weight is 272 g/mol. The summed E-state index contributed by atoms with van der Waals surface area (Å²) >= 11 is 0. The van der Waals surface area contributed by atoms with Gasteiger partial charge in [0.1, 0.15) is 12.4 Å². The number of ether oxygens (including phenoxy) is 2. The first-order valence-electron chi connectivity index (χ1n) is 5.89. The maximum absolute atomic E-state index is 13.6. The number of methoxy groups -OCH3 is 1. The van der Waals surface area contributed by atoms with Crippen LogP contribution in [0.4, 0.5) is 10.1 Å². The largest absolute Gasteiger partial charge is 0.496 e. The molecule has 2 rings (SSSR count). The van der Waals surface area contributed by atoms with E-state index in [9.17, 15) is 4.39 Å². The molecule has 0 fully saturated rings. The summed E-state index contributed by atoms with van der Waals surface area (Å²) < 4.78 is 24.2. The van der Waals surface area contributed by atoms with E-state index in [1.54, 1.807) is 24.3 Å². The van der Waals surface area contributed by atoms with Crippen LogP contribution < -0.4 is 15.2 Å². The van der Waals surface area contributed by atoms with Crippen LogP contribution in [0.3, 0.4) is 0 Å². The van der Waals surface area contributed by atoms with Gasteiger partial charge in [0.2, 0.25) is 0 Å². The van der Waals surface area contributed by atoms with Crippen molar-refractivity contribution in [1.29, 1.82) is 5.26 Å². The molecule has 0 heterocycles. The summed E-state index contributed by atoms with van der Waals surface area (Å²) in [5.74, 6) is 0.156. The maximum atomic E-state index is 13.6. The molecule has 0 bridgehead atoms. The third-order valence-corrected chi connectivity index (χ3v) is 2.75. The van der Waals surface area contributed by atoms with Crippen molar-refractivity contribution >= 4 is 5.69 Å². The van der Waals surface area contributed by atoms with Gasteiger partial charge in [0.15, 0.2) is 11.6 Å². The minimum absolute atomic E-state index is 0.0968. The summed E-state index contributed by atoms with van der Waals surface area (Å²) in [5, 5.41) is 8.88. The monoisotopic (exact) mass is 272 g/mol. The van der Waals surface area contributed by atoms with Crippen molar-refractivity contribution in [3.8, 4) is 17.6 Å². The van der Waals surface area contributed by atoms with Crippen molar-refractivity contribution in [1.82, 2.24) is 0 Å². The number of benzene rings is 2. The number of rotatable bonds is 4. The summed E-state index contributed by atoms with van der Waals surface area (Å²) in [6, 6.07) is 11.2. The first-order valence-corrected chi connectivity index (χ1v) is 5.89. The first-order chi connectivity index (χ1) is 9.63. The van der Waals surface area contributed by atoms with Gasteiger partial charge >= 0.3 is 0 Å². The Hall–Kier alpha value is -2.74. The van der Waals surface area contributed by atoms with Crippen LogP contribution in [0.2, 0.25) is 0 Å². The van der Waals surface area contributed by atoms with E-state index in [-0.39, 0.29) is 12.4 Å². The third-order valence-electron chi connectivity index (χ3n) is 2.75. The zero-order chi connectivity index (χ0) is 14.5. The molecule has 0 amide bonds. The topological polar surface area (TPSA) is 68.3 Å². The number of nitrogen functional groups attached to an aromatic ring is 1. The van der Waals surface area contributed by atoms with E-state index in [2.05, 4.69) is 0 Å². The highest BCUT2D eigenvalue weighted by Crippen LogP contribution is 2.24. The van der Waals surface area contributed by atoms with Crippen molar-refractivity contribution in [2.45, 2.75) is 6.61 Å². The van der Waals surface area contributed by atoms with Gasteiger partial charge in [-0.25, -0.2) is 4.39 Å². The first kappa shape index (κ1) is 13.7. The van der Waals surface area contributed by atoms with E-state index < -0.39 is 5.82 Å². The SMILES string of the molecule is COc1ccc(C#N)cc1COc1ccc(N)cc1F. The Morgan fingerprint density at radius 2 is 1.95 bits per heavy atom. The van der Waals surface area contributed by atoms with Crippen LogP contribution in [0, 0.1) is 17.1 Å². The molecule has 0 aromatic heterocycles. The molecule has 0 spiro atoms. The van der Waals surface area contributed by atoms with Crippen molar-refractivity contribution in [2.24, 2.45) is 0 Å². The lowest BCUT2D eigenvalue weighted by atomic mass is 10.1. The van der Waals surface area contributed by atoms with E-state index >= 15 is 0 Å². The van der Waals surface area contributed by atoms with Gasteiger partial charge in [0, 0.05) is 17.3 Å². The minimum atomic E-state index is -0.527. The molecular weight excluding hydrogens is 259 g/mol. The van der Waals surface area contributed by atoms with Crippen molar-refractivity contribution in [3.05, 3.63) is 53.3 Å². The van der Waals surface area contributed by atoms with E-state index in [0.29, 0.717) is 22.6 Å². The number of nitrogens with two attached hydrogens (primary N) is 1. The fourth-order valence-corrected chi connectivity index (χ4v) is 1.75. The van der Waals surface area contributed by atoms with Gasteiger partial charge in [0.05, 0.1) is 18.7 Å². The number of anilines is 1. The molecule has 0 radical (unpaired) electrons. The van der Waals surface area contributed by atoms with E-state index in [1.807, 2.05) is 6.07 Å². The van der Waals surface area contributed by atoms with E-state index in [4.69, 9.17) is 20.5 Å².